The molecule has 2 aromatic heterocycles. The molecule has 0 unspecified atom stereocenters. The Morgan fingerprint density at radius 3 is 3.00 bits per heavy atom. The number of hydrogen-bond donors (Lipinski definition) is 0. The summed E-state index contributed by atoms with van der Waals surface area (Å²) in [6.07, 6.45) is 0. The summed E-state index contributed by atoms with van der Waals surface area (Å²) in [7, 11) is 0. The van der Waals surface area contributed by atoms with Gasteiger partial charge in [-0.1, -0.05) is 0 Å². The normalized spacial score (nSPS) is 10.8. The third-order valence-corrected chi connectivity index (χ3v) is 2.54. The Bertz CT molecular complexity index is 485. The first-order chi connectivity index (χ1) is 5.68. The van der Waals surface area contributed by atoms with Gasteiger partial charge in [0.25, 0.3) is 5.56 Å². The van der Waals surface area contributed by atoms with E-state index in [1.54, 1.807) is 11.4 Å². The second-order valence-electron chi connectivity index (χ2n) is 2.57. The number of hydrogen-bond acceptors (Lipinski definition) is 4. The van der Waals surface area contributed by atoms with Gasteiger partial charge in [-0.3, -0.25) is 4.79 Å². The van der Waals surface area contributed by atoms with E-state index in [2.05, 4.69) is 10.1 Å². The molecule has 0 aliphatic carbocycles. The zero-order valence-electron chi connectivity index (χ0n) is 6.74. The van der Waals surface area contributed by atoms with E-state index in [-0.39, 0.29) is 5.56 Å². The largest absolute Gasteiger partial charge is 0.295 e. The van der Waals surface area contributed by atoms with Crippen molar-refractivity contribution in [2.45, 2.75) is 13.8 Å². The van der Waals surface area contributed by atoms with Crippen LogP contribution >= 0.6 is 11.3 Å². The van der Waals surface area contributed by atoms with Crippen LogP contribution in [0, 0.1) is 13.8 Å². The fourth-order valence-corrected chi connectivity index (χ4v) is 1.74. The van der Waals surface area contributed by atoms with Crippen LogP contribution in [0.25, 0.3) is 4.96 Å². The first-order valence-electron chi connectivity index (χ1n) is 3.50. The van der Waals surface area contributed by atoms with Gasteiger partial charge in [-0.2, -0.15) is 10.1 Å². The van der Waals surface area contributed by atoms with Crippen molar-refractivity contribution in [2.75, 3.05) is 0 Å². The van der Waals surface area contributed by atoms with Crippen LogP contribution in [-0.2, 0) is 0 Å². The Balaban J connectivity index is 2.97. The van der Waals surface area contributed by atoms with Gasteiger partial charge in [-0.25, -0.2) is 4.52 Å². The summed E-state index contributed by atoms with van der Waals surface area (Å²) in [5, 5.41) is 6.01. The van der Waals surface area contributed by atoms with Gasteiger partial charge in [-0.15, -0.1) is 11.3 Å². The third-order valence-electron chi connectivity index (χ3n) is 1.61. The van der Waals surface area contributed by atoms with Gasteiger partial charge in [-0.05, 0) is 13.8 Å². The van der Waals surface area contributed by atoms with E-state index >= 15 is 0 Å². The summed E-state index contributed by atoms with van der Waals surface area (Å²) in [6, 6.07) is 0. The second-order valence-corrected chi connectivity index (χ2v) is 3.41. The lowest BCUT2D eigenvalue weighted by Gasteiger charge is -1.94. The molecule has 2 rings (SSSR count). The number of aromatic nitrogens is 3. The zero-order chi connectivity index (χ0) is 8.72. The van der Waals surface area contributed by atoms with Crippen LogP contribution in [0.15, 0.2) is 10.2 Å². The standard InChI is InChI=1S/C7H7N3OS/c1-4-3-12-7-8-6(11)5(2)9-10(4)7/h3H,1-2H3. The molecule has 0 aliphatic heterocycles. The van der Waals surface area contributed by atoms with Crippen LogP contribution in [0.5, 0.6) is 0 Å². The van der Waals surface area contributed by atoms with Crippen LogP contribution in [0.4, 0.5) is 0 Å². The van der Waals surface area contributed by atoms with E-state index in [0.29, 0.717) is 10.7 Å². The minimum atomic E-state index is -0.239. The minimum Gasteiger partial charge on any atom is -0.265 e. The first-order valence-corrected chi connectivity index (χ1v) is 4.38. The average Bonchev–Trinajstić information content (AvgIpc) is 2.35. The smallest absolute Gasteiger partial charge is 0.265 e. The molecule has 4 nitrogen and oxygen atoms in total. The third kappa shape index (κ3) is 0.937. The van der Waals surface area contributed by atoms with Crippen LogP contribution in [0.3, 0.4) is 0 Å². The summed E-state index contributed by atoms with van der Waals surface area (Å²) in [4.78, 5) is 15.6. The number of fused-ring (bicyclic) bond motifs is 1. The summed E-state index contributed by atoms with van der Waals surface area (Å²) < 4.78 is 1.68. The molecule has 0 aliphatic rings. The molecule has 2 aromatic rings. The van der Waals surface area contributed by atoms with Gasteiger partial charge in [0, 0.05) is 5.38 Å². The van der Waals surface area contributed by atoms with Crippen molar-refractivity contribution >= 4 is 16.3 Å². The van der Waals surface area contributed by atoms with Crippen molar-refractivity contribution in [1.29, 1.82) is 0 Å². The maximum atomic E-state index is 11.1. The van der Waals surface area contributed by atoms with E-state index in [9.17, 15) is 4.79 Å². The topological polar surface area (TPSA) is 47.3 Å². The van der Waals surface area contributed by atoms with E-state index in [1.165, 1.54) is 11.3 Å². The quantitative estimate of drug-likeness (QED) is 0.603. The molecule has 0 aromatic carbocycles. The highest BCUT2D eigenvalue weighted by molar-refractivity contribution is 7.15. The van der Waals surface area contributed by atoms with Crippen molar-refractivity contribution in [1.82, 2.24) is 14.6 Å². The van der Waals surface area contributed by atoms with Crippen molar-refractivity contribution in [3.8, 4) is 0 Å². The summed E-state index contributed by atoms with van der Waals surface area (Å²) in [5.74, 6) is 0. The first kappa shape index (κ1) is 7.42. The molecule has 0 fully saturated rings. The molecule has 0 saturated carbocycles. The van der Waals surface area contributed by atoms with Crippen molar-refractivity contribution in [3.05, 3.63) is 27.1 Å². The van der Waals surface area contributed by atoms with Gasteiger partial charge in [0.1, 0.15) is 5.69 Å². The van der Waals surface area contributed by atoms with Crippen LogP contribution in [0.1, 0.15) is 11.4 Å². The molecule has 5 heteroatoms. The van der Waals surface area contributed by atoms with E-state index in [4.69, 9.17) is 0 Å². The lowest BCUT2D eigenvalue weighted by molar-refractivity contribution is 0.835. The molecule has 0 spiro atoms. The fraction of sp³-hybridized carbons (Fsp3) is 0.286. The van der Waals surface area contributed by atoms with Gasteiger partial charge in [0.05, 0.1) is 5.69 Å². The highest BCUT2D eigenvalue weighted by atomic mass is 32.1. The van der Waals surface area contributed by atoms with E-state index in [0.717, 1.165) is 5.69 Å². The van der Waals surface area contributed by atoms with Gasteiger partial charge < -0.3 is 0 Å². The summed E-state index contributed by atoms with van der Waals surface area (Å²) in [6.45, 7) is 3.60. The molecule has 0 amide bonds. The Hall–Kier alpha value is -1.23. The average molecular weight is 181 g/mol. The van der Waals surface area contributed by atoms with E-state index in [1.807, 2.05) is 12.3 Å². The SMILES string of the molecule is Cc1nn2c(C)csc2nc1=O. The van der Waals surface area contributed by atoms with Crippen molar-refractivity contribution in [2.24, 2.45) is 0 Å². The van der Waals surface area contributed by atoms with Crippen LogP contribution in [-0.4, -0.2) is 14.6 Å². The molecular formula is C7H7N3OS. The fourth-order valence-electron chi connectivity index (χ4n) is 0.945. The predicted octanol–water partition coefficient (Wildman–Crippen LogP) is 0.768. The zero-order valence-corrected chi connectivity index (χ0v) is 7.55. The Kier molecular flexibility index (Phi) is 1.47. The Labute approximate surface area is 72.5 Å². The molecular weight excluding hydrogens is 174 g/mol. The molecule has 0 radical (unpaired) electrons. The van der Waals surface area contributed by atoms with Crippen molar-refractivity contribution in [3.63, 3.8) is 0 Å². The molecule has 0 bridgehead atoms. The summed E-state index contributed by atoms with van der Waals surface area (Å²) >= 11 is 1.43. The molecule has 0 N–H and O–H groups in total. The number of aryl methyl sites for hydroxylation is 2. The molecule has 0 atom stereocenters. The Morgan fingerprint density at radius 2 is 2.25 bits per heavy atom. The monoisotopic (exact) mass is 181 g/mol. The molecule has 2 heterocycles. The number of thiazole rings is 1. The van der Waals surface area contributed by atoms with Gasteiger partial charge >= 0.3 is 0 Å². The summed E-state index contributed by atoms with van der Waals surface area (Å²) in [5.41, 5.74) is 1.21. The Morgan fingerprint density at radius 1 is 1.50 bits per heavy atom. The number of nitrogens with zero attached hydrogens (tertiary/aromatic N) is 3. The van der Waals surface area contributed by atoms with E-state index < -0.39 is 0 Å². The second kappa shape index (κ2) is 2.38. The molecule has 62 valence electrons. The highest BCUT2D eigenvalue weighted by Gasteiger charge is 2.03. The maximum Gasteiger partial charge on any atom is 0.295 e. The minimum absolute atomic E-state index is 0.239. The van der Waals surface area contributed by atoms with Gasteiger partial charge in [0.2, 0.25) is 4.96 Å². The van der Waals surface area contributed by atoms with Gasteiger partial charge in [0.15, 0.2) is 0 Å². The highest BCUT2D eigenvalue weighted by Crippen LogP contribution is 2.09. The maximum absolute atomic E-state index is 11.1. The molecule has 12 heavy (non-hydrogen) atoms. The van der Waals surface area contributed by atoms with Crippen LogP contribution in [0.2, 0.25) is 0 Å². The molecule has 0 saturated heterocycles. The number of rotatable bonds is 0. The van der Waals surface area contributed by atoms with Crippen LogP contribution < -0.4 is 5.56 Å². The lowest BCUT2D eigenvalue weighted by Crippen LogP contribution is -2.14. The lowest BCUT2D eigenvalue weighted by atomic mass is 10.5. The van der Waals surface area contributed by atoms with Crippen molar-refractivity contribution < 1.29 is 0 Å². The predicted molar refractivity (Wildman–Crippen MR) is 46.6 cm³/mol.